The fourth-order valence-corrected chi connectivity index (χ4v) is 2.79. The summed E-state index contributed by atoms with van der Waals surface area (Å²) in [6.45, 7) is 2.07. The van der Waals surface area contributed by atoms with E-state index in [9.17, 15) is 10.1 Å². The van der Waals surface area contributed by atoms with Crippen molar-refractivity contribution in [1.82, 2.24) is 4.98 Å². The van der Waals surface area contributed by atoms with Crippen molar-refractivity contribution in [1.29, 1.82) is 0 Å². The molecule has 0 radical (unpaired) electrons. The van der Waals surface area contributed by atoms with E-state index in [1.54, 1.807) is 6.20 Å². The average molecular weight is 314 g/mol. The summed E-state index contributed by atoms with van der Waals surface area (Å²) >= 11 is 3.20. The van der Waals surface area contributed by atoms with Crippen molar-refractivity contribution in [2.75, 3.05) is 5.32 Å². The fraction of sp³-hybridized carbons (Fsp3) is 0.583. The molecule has 1 atom stereocenters. The Morgan fingerprint density at radius 3 is 2.83 bits per heavy atom. The van der Waals surface area contributed by atoms with E-state index in [2.05, 4.69) is 33.2 Å². The van der Waals surface area contributed by atoms with Crippen molar-refractivity contribution in [2.45, 2.75) is 38.6 Å². The first kappa shape index (κ1) is 13.3. The van der Waals surface area contributed by atoms with Crippen molar-refractivity contribution in [3.05, 3.63) is 26.9 Å². The molecule has 1 aliphatic rings. The van der Waals surface area contributed by atoms with Gasteiger partial charge in [-0.1, -0.05) is 12.8 Å². The van der Waals surface area contributed by atoms with Crippen LogP contribution in [0, 0.1) is 16.0 Å². The second kappa shape index (κ2) is 5.65. The minimum absolute atomic E-state index is 0.0224. The van der Waals surface area contributed by atoms with E-state index in [0.29, 0.717) is 16.2 Å². The monoisotopic (exact) mass is 313 g/mol. The van der Waals surface area contributed by atoms with Crippen LogP contribution in [0.5, 0.6) is 0 Å². The Hall–Kier alpha value is -1.17. The van der Waals surface area contributed by atoms with Crippen LogP contribution in [0.3, 0.4) is 0 Å². The average Bonchev–Trinajstić information content (AvgIpc) is 2.84. The Kier molecular flexibility index (Phi) is 4.16. The molecule has 1 fully saturated rings. The third-order valence-electron chi connectivity index (χ3n) is 3.50. The third kappa shape index (κ3) is 2.98. The summed E-state index contributed by atoms with van der Waals surface area (Å²) in [5.74, 6) is 0.956. The molecule has 1 unspecified atom stereocenters. The van der Waals surface area contributed by atoms with Crippen molar-refractivity contribution < 1.29 is 4.92 Å². The second-order valence-electron chi connectivity index (χ2n) is 4.76. The van der Waals surface area contributed by atoms with Crippen LogP contribution in [0.15, 0.2) is 16.7 Å². The smallest absolute Gasteiger partial charge is 0.312 e. The van der Waals surface area contributed by atoms with Gasteiger partial charge in [0.25, 0.3) is 0 Å². The summed E-state index contributed by atoms with van der Waals surface area (Å²) < 4.78 is 0.619. The first-order chi connectivity index (χ1) is 8.58. The third-order valence-corrected chi connectivity index (χ3v) is 3.94. The minimum atomic E-state index is -0.401. The molecule has 1 aromatic heterocycles. The molecular formula is C12H16BrN3O2. The molecule has 0 saturated heterocycles. The number of aromatic nitrogens is 1. The van der Waals surface area contributed by atoms with Crippen molar-refractivity contribution in [2.24, 2.45) is 5.92 Å². The highest BCUT2D eigenvalue weighted by Gasteiger charge is 2.24. The largest absolute Gasteiger partial charge is 0.362 e. The van der Waals surface area contributed by atoms with Crippen LogP contribution in [0.1, 0.15) is 32.6 Å². The number of halogens is 1. The van der Waals surface area contributed by atoms with Crippen LogP contribution >= 0.6 is 15.9 Å². The lowest BCUT2D eigenvalue weighted by molar-refractivity contribution is -0.384. The Morgan fingerprint density at radius 1 is 1.56 bits per heavy atom. The van der Waals surface area contributed by atoms with E-state index >= 15 is 0 Å². The lowest BCUT2D eigenvalue weighted by Gasteiger charge is -2.20. The number of nitrogens with zero attached hydrogens (tertiary/aromatic N) is 2. The number of nitrogens with one attached hydrogen (secondary N) is 1. The molecular weight excluding hydrogens is 298 g/mol. The number of rotatable bonds is 4. The summed E-state index contributed by atoms with van der Waals surface area (Å²) in [5.41, 5.74) is 0.0224. The second-order valence-corrected chi connectivity index (χ2v) is 5.67. The van der Waals surface area contributed by atoms with E-state index in [1.807, 2.05) is 0 Å². The van der Waals surface area contributed by atoms with Crippen molar-refractivity contribution >= 4 is 27.4 Å². The topological polar surface area (TPSA) is 68.1 Å². The summed E-state index contributed by atoms with van der Waals surface area (Å²) in [6, 6.07) is 1.70. The molecule has 5 nitrogen and oxygen atoms in total. The van der Waals surface area contributed by atoms with Crippen LogP contribution in [0.2, 0.25) is 0 Å². The van der Waals surface area contributed by atoms with Gasteiger partial charge in [0, 0.05) is 22.8 Å². The van der Waals surface area contributed by atoms with E-state index in [1.165, 1.54) is 31.7 Å². The van der Waals surface area contributed by atoms with Gasteiger partial charge < -0.3 is 5.32 Å². The van der Waals surface area contributed by atoms with Gasteiger partial charge in [-0.3, -0.25) is 10.1 Å². The molecule has 1 N–H and O–H groups in total. The molecule has 1 aliphatic carbocycles. The van der Waals surface area contributed by atoms with Gasteiger partial charge in [0.15, 0.2) is 0 Å². The van der Waals surface area contributed by atoms with Gasteiger partial charge in [0.05, 0.1) is 4.92 Å². The van der Waals surface area contributed by atoms with Crippen LogP contribution in [0.25, 0.3) is 0 Å². The number of hydrogen-bond acceptors (Lipinski definition) is 4. The highest BCUT2D eigenvalue weighted by molar-refractivity contribution is 9.10. The number of hydrogen-bond donors (Lipinski definition) is 1. The zero-order valence-electron chi connectivity index (χ0n) is 10.2. The quantitative estimate of drug-likeness (QED) is 0.679. The Labute approximate surface area is 114 Å². The molecule has 18 heavy (non-hydrogen) atoms. The molecule has 1 saturated carbocycles. The summed E-state index contributed by atoms with van der Waals surface area (Å²) in [7, 11) is 0. The number of nitro groups is 1. The van der Waals surface area contributed by atoms with Crippen LogP contribution < -0.4 is 5.32 Å². The molecule has 0 bridgehead atoms. The summed E-state index contributed by atoms with van der Waals surface area (Å²) in [4.78, 5) is 14.7. The first-order valence-corrected chi connectivity index (χ1v) is 6.93. The zero-order chi connectivity index (χ0) is 13.1. The van der Waals surface area contributed by atoms with Crippen molar-refractivity contribution in [3.63, 3.8) is 0 Å². The molecule has 98 valence electrons. The maximum absolute atomic E-state index is 11.0. The highest BCUT2D eigenvalue weighted by Crippen LogP contribution is 2.31. The van der Waals surface area contributed by atoms with Gasteiger partial charge in [0.1, 0.15) is 0 Å². The fourth-order valence-electron chi connectivity index (χ4n) is 2.47. The molecule has 1 heterocycles. The molecule has 0 aliphatic heterocycles. The van der Waals surface area contributed by atoms with E-state index < -0.39 is 4.92 Å². The van der Waals surface area contributed by atoms with Gasteiger partial charge in [0.2, 0.25) is 5.82 Å². The SMILES string of the molecule is CC(Nc1ncc(Br)cc1[N+](=O)[O-])C1CCCC1. The van der Waals surface area contributed by atoms with Gasteiger partial charge in [-0.25, -0.2) is 4.98 Å². The maximum atomic E-state index is 11.0. The van der Waals surface area contributed by atoms with Gasteiger partial charge in [-0.2, -0.15) is 0 Å². The Balaban J connectivity index is 2.15. The molecule has 0 aromatic carbocycles. The molecule has 0 amide bonds. The maximum Gasteiger partial charge on any atom is 0.312 e. The summed E-state index contributed by atoms with van der Waals surface area (Å²) in [5, 5.41) is 14.2. The Bertz CT molecular complexity index is 447. The minimum Gasteiger partial charge on any atom is -0.362 e. The van der Waals surface area contributed by atoms with Crippen LogP contribution in [-0.2, 0) is 0 Å². The predicted molar refractivity (Wildman–Crippen MR) is 73.6 cm³/mol. The van der Waals surface area contributed by atoms with Crippen molar-refractivity contribution in [3.8, 4) is 0 Å². The van der Waals surface area contributed by atoms with Gasteiger partial charge in [-0.05, 0) is 41.6 Å². The number of pyridine rings is 1. The molecule has 1 aromatic rings. The normalized spacial score (nSPS) is 17.7. The predicted octanol–water partition coefficient (Wildman–Crippen LogP) is 3.74. The first-order valence-electron chi connectivity index (χ1n) is 6.14. The van der Waals surface area contributed by atoms with Gasteiger partial charge in [-0.15, -0.1) is 0 Å². The van der Waals surface area contributed by atoms with E-state index in [-0.39, 0.29) is 11.7 Å². The van der Waals surface area contributed by atoms with E-state index in [0.717, 1.165) is 0 Å². The Morgan fingerprint density at radius 2 is 2.22 bits per heavy atom. The highest BCUT2D eigenvalue weighted by atomic mass is 79.9. The van der Waals surface area contributed by atoms with Gasteiger partial charge >= 0.3 is 5.69 Å². The molecule has 2 rings (SSSR count). The van der Waals surface area contributed by atoms with Crippen LogP contribution in [-0.4, -0.2) is 15.9 Å². The lowest BCUT2D eigenvalue weighted by atomic mass is 10.00. The van der Waals surface area contributed by atoms with Crippen LogP contribution in [0.4, 0.5) is 11.5 Å². The number of anilines is 1. The molecule has 0 spiro atoms. The molecule has 6 heteroatoms. The zero-order valence-corrected chi connectivity index (χ0v) is 11.8. The summed E-state index contributed by atoms with van der Waals surface area (Å²) in [6.07, 6.45) is 6.48. The lowest BCUT2D eigenvalue weighted by Crippen LogP contribution is -2.24. The standard InChI is InChI=1S/C12H16BrN3O2/c1-8(9-4-2-3-5-9)15-12-11(16(17)18)6-10(13)7-14-12/h6-9H,2-5H2,1H3,(H,14,15). The van der Waals surface area contributed by atoms with E-state index in [4.69, 9.17) is 0 Å².